The van der Waals surface area contributed by atoms with Crippen molar-refractivity contribution in [1.29, 1.82) is 5.26 Å². The number of rotatable bonds is 4. The van der Waals surface area contributed by atoms with Crippen LogP contribution < -0.4 is 10.1 Å². The van der Waals surface area contributed by atoms with Crippen LogP contribution in [-0.2, 0) is 11.3 Å². The van der Waals surface area contributed by atoms with Crippen LogP contribution in [0.15, 0.2) is 30.5 Å². The van der Waals surface area contributed by atoms with Crippen molar-refractivity contribution < 1.29 is 14.3 Å². The van der Waals surface area contributed by atoms with Crippen LogP contribution in [-0.4, -0.2) is 52.9 Å². The summed E-state index contributed by atoms with van der Waals surface area (Å²) in [5, 5.41) is 12.2. The molecule has 3 heterocycles. The predicted molar refractivity (Wildman–Crippen MR) is 123 cm³/mol. The van der Waals surface area contributed by atoms with E-state index in [0.29, 0.717) is 36.7 Å². The Bertz CT molecular complexity index is 1020. The number of amides is 2. The van der Waals surface area contributed by atoms with Crippen molar-refractivity contribution in [2.75, 3.05) is 13.1 Å². The zero-order chi connectivity index (χ0) is 23.2. The fourth-order valence-corrected chi connectivity index (χ4v) is 5.80. The smallest absolute Gasteiger partial charge is 0.255 e. The van der Waals surface area contributed by atoms with Gasteiger partial charge in [-0.05, 0) is 75.6 Å². The molecule has 2 amide bonds. The minimum absolute atomic E-state index is 0.0863. The molecule has 1 aliphatic carbocycles. The van der Waals surface area contributed by atoms with Crippen LogP contribution in [0.25, 0.3) is 0 Å². The molecule has 174 valence electrons. The fraction of sp³-hybridized carbons (Fsp3) is 0.577. The number of likely N-dealkylation sites (tertiary alicyclic amines) is 1. The Hall–Kier alpha value is -2.85. The highest BCUT2D eigenvalue weighted by Gasteiger charge is 2.40. The molecule has 0 radical (unpaired) electrons. The predicted octanol–water partition coefficient (Wildman–Crippen LogP) is 3.36. The first-order valence-electron chi connectivity index (χ1n) is 12.1. The third kappa shape index (κ3) is 4.13. The number of nitrogens with zero attached hydrogens (tertiary/aromatic N) is 3. The van der Waals surface area contributed by atoms with Crippen LogP contribution in [0.4, 0.5) is 0 Å². The van der Waals surface area contributed by atoms with E-state index < -0.39 is 6.04 Å². The Kier molecular flexibility index (Phi) is 5.65. The average molecular weight is 449 g/mol. The van der Waals surface area contributed by atoms with Gasteiger partial charge in [-0.15, -0.1) is 0 Å². The van der Waals surface area contributed by atoms with Gasteiger partial charge < -0.3 is 15.0 Å². The van der Waals surface area contributed by atoms with Crippen molar-refractivity contribution in [3.05, 3.63) is 41.6 Å². The Morgan fingerprint density at radius 3 is 2.73 bits per heavy atom. The molecule has 5 rings (SSSR count). The molecule has 33 heavy (non-hydrogen) atoms. The molecular formula is C26H32N4O3. The number of nitrogens with one attached hydrogen (secondary N) is 1. The number of piperidine rings is 2. The first-order chi connectivity index (χ1) is 15.9. The fourth-order valence-electron chi connectivity index (χ4n) is 5.80. The van der Waals surface area contributed by atoms with Gasteiger partial charge in [0, 0.05) is 36.9 Å². The Morgan fingerprint density at radius 2 is 2.00 bits per heavy atom. The first-order valence-corrected chi connectivity index (χ1v) is 12.1. The van der Waals surface area contributed by atoms with E-state index in [4.69, 9.17) is 4.74 Å². The van der Waals surface area contributed by atoms with Crippen LogP contribution in [0.5, 0.6) is 5.75 Å². The molecule has 2 saturated heterocycles. The Morgan fingerprint density at radius 1 is 1.21 bits per heavy atom. The van der Waals surface area contributed by atoms with Crippen LogP contribution in [0, 0.1) is 16.7 Å². The molecule has 0 bridgehead atoms. The van der Waals surface area contributed by atoms with Crippen LogP contribution >= 0.6 is 0 Å². The summed E-state index contributed by atoms with van der Waals surface area (Å²) >= 11 is 0. The average Bonchev–Trinajstić information content (AvgIpc) is 3.39. The molecule has 3 aliphatic heterocycles. The molecule has 1 saturated carbocycles. The van der Waals surface area contributed by atoms with Crippen molar-refractivity contribution in [3.8, 4) is 11.8 Å². The van der Waals surface area contributed by atoms with Crippen molar-refractivity contribution in [1.82, 2.24) is 15.1 Å². The van der Waals surface area contributed by atoms with E-state index in [1.807, 2.05) is 18.2 Å². The lowest BCUT2D eigenvalue weighted by Crippen LogP contribution is -2.49. The van der Waals surface area contributed by atoms with Crippen molar-refractivity contribution in [2.24, 2.45) is 5.41 Å². The van der Waals surface area contributed by atoms with E-state index in [-0.39, 0.29) is 23.3 Å². The van der Waals surface area contributed by atoms with Gasteiger partial charge in [-0.2, -0.15) is 5.26 Å². The Labute approximate surface area is 195 Å². The zero-order valence-corrected chi connectivity index (χ0v) is 19.3. The van der Waals surface area contributed by atoms with E-state index in [1.54, 1.807) is 4.90 Å². The summed E-state index contributed by atoms with van der Waals surface area (Å²) in [5.74, 6) is 0.559. The number of carbonyl (C=O) groups excluding carboxylic acids is 2. The summed E-state index contributed by atoms with van der Waals surface area (Å²) in [6, 6.07) is 8.12. The number of hydrogen-bond acceptors (Lipinski definition) is 5. The molecule has 1 aromatic rings. The van der Waals surface area contributed by atoms with E-state index >= 15 is 0 Å². The molecule has 3 atom stereocenters. The maximum Gasteiger partial charge on any atom is 0.255 e. The summed E-state index contributed by atoms with van der Waals surface area (Å²) in [4.78, 5) is 29.6. The largest absolute Gasteiger partial charge is 0.489 e. The van der Waals surface area contributed by atoms with Gasteiger partial charge in [0.2, 0.25) is 5.91 Å². The standard InChI is InChI=1S/C26H32N4O3/c1-17-6-9-22(24(31)28-17)30-15-18-14-19(7-8-20(18)25(30)32)33-23-5-3-4-21(23)29-12-10-26(2,16-27)11-13-29/h7-8,14,21-23H,1,3-6,9-13,15H2,2H3,(H,28,31). The molecule has 1 N–H and O–H groups in total. The zero-order valence-electron chi connectivity index (χ0n) is 19.3. The summed E-state index contributed by atoms with van der Waals surface area (Å²) in [5.41, 5.74) is 2.10. The van der Waals surface area contributed by atoms with E-state index in [0.717, 1.165) is 56.5 Å². The van der Waals surface area contributed by atoms with Gasteiger partial charge in [0.15, 0.2) is 0 Å². The van der Waals surface area contributed by atoms with Gasteiger partial charge in [0.1, 0.15) is 17.9 Å². The van der Waals surface area contributed by atoms with Crippen molar-refractivity contribution >= 4 is 11.8 Å². The molecule has 7 nitrogen and oxygen atoms in total. The number of ether oxygens (including phenoxy) is 1. The van der Waals surface area contributed by atoms with Crippen LogP contribution in [0.2, 0.25) is 0 Å². The van der Waals surface area contributed by atoms with Gasteiger partial charge >= 0.3 is 0 Å². The normalized spacial score (nSPS) is 29.5. The molecule has 3 unspecified atom stereocenters. The quantitative estimate of drug-likeness (QED) is 0.763. The molecule has 0 spiro atoms. The monoisotopic (exact) mass is 448 g/mol. The molecule has 4 aliphatic rings. The lowest BCUT2D eigenvalue weighted by molar-refractivity contribution is -0.126. The molecule has 1 aromatic carbocycles. The Balaban J connectivity index is 1.25. The minimum atomic E-state index is -0.447. The second-order valence-electron chi connectivity index (χ2n) is 10.3. The highest BCUT2D eigenvalue weighted by atomic mass is 16.5. The molecule has 0 aromatic heterocycles. The van der Waals surface area contributed by atoms with E-state index in [2.05, 4.69) is 29.8 Å². The lowest BCUT2D eigenvalue weighted by Gasteiger charge is -2.40. The first kappa shape index (κ1) is 22.0. The van der Waals surface area contributed by atoms with E-state index in [9.17, 15) is 14.9 Å². The number of allylic oxidation sites excluding steroid dienone is 1. The maximum absolute atomic E-state index is 13.0. The summed E-state index contributed by atoms with van der Waals surface area (Å²) in [6.45, 7) is 8.21. The maximum atomic E-state index is 13.0. The highest BCUT2D eigenvalue weighted by molar-refractivity contribution is 6.01. The third-order valence-electron chi connectivity index (χ3n) is 7.95. The number of nitriles is 1. The number of carbonyl (C=O) groups is 2. The topological polar surface area (TPSA) is 85.7 Å². The number of hydrogen-bond donors (Lipinski definition) is 1. The molecule has 3 fully saturated rings. The number of benzene rings is 1. The van der Waals surface area contributed by atoms with Gasteiger partial charge in [0.05, 0.1) is 11.5 Å². The lowest BCUT2D eigenvalue weighted by atomic mass is 9.81. The van der Waals surface area contributed by atoms with Gasteiger partial charge in [-0.3, -0.25) is 14.5 Å². The summed E-state index contributed by atoms with van der Waals surface area (Å²) in [7, 11) is 0. The SMILES string of the molecule is C=C1CCC(N2Cc3cc(OC4CCCC4N4CCC(C)(C#N)CC4)ccc3C2=O)C(=O)N1. The highest BCUT2D eigenvalue weighted by Crippen LogP contribution is 2.36. The van der Waals surface area contributed by atoms with E-state index in [1.165, 1.54) is 0 Å². The second kappa shape index (κ2) is 8.49. The van der Waals surface area contributed by atoms with Crippen LogP contribution in [0.1, 0.15) is 67.8 Å². The third-order valence-corrected chi connectivity index (χ3v) is 7.95. The summed E-state index contributed by atoms with van der Waals surface area (Å²) < 4.78 is 6.47. The van der Waals surface area contributed by atoms with Crippen molar-refractivity contribution in [2.45, 2.75) is 76.6 Å². The van der Waals surface area contributed by atoms with Gasteiger partial charge in [0.25, 0.3) is 5.91 Å². The number of fused-ring (bicyclic) bond motifs is 1. The molecular weight excluding hydrogens is 416 g/mol. The second-order valence-corrected chi connectivity index (χ2v) is 10.3. The van der Waals surface area contributed by atoms with Gasteiger partial charge in [-0.25, -0.2) is 0 Å². The van der Waals surface area contributed by atoms with Gasteiger partial charge in [-0.1, -0.05) is 6.58 Å². The van der Waals surface area contributed by atoms with Crippen LogP contribution in [0.3, 0.4) is 0 Å². The van der Waals surface area contributed by atoms with Crippen molar-refractivity contribution in [3.63, 3.8) is 0 Å². The minimum Gasteiger partial charge on any atom is -0.489 e. The molecule has 7 heteroatoms. The summed E-state index contributed by atoms with van der Waals surface area (Å²) in [6.07, 6.45) is 6.52.